The highest BCUT2D eigenvalue weighted by Gasteiger charge is 2.40. The van der Waals surface area contributed by atoms with Gasteiger partial charge in [0.25, 0.3) is 5.91 Å². The Balaban J connectivity index is 2.14. The molecule has 0 bridgehead atoms. The number of alkyl halides is 3. The lowest BCUT2D eigenvalue weighted by Gasteiger charge is -2.14. The molecule has 0 saturated heterocycles. The number of rotatable bonds is 4. The zero-order chi connectivity index (χ0) is 19.1. The number of thiazole rings is 1. The quantitative estimate of drug-likeness (QED) is 0.661. The van der Waals surface area contributed by atoms with Crippen LogP contribution in [0.4, 0.5) is 13.2 Å². The summed E-state index contributed by atoms with van der Waals surface area (Å²) in [7, 11) is 0. The maximum Gasteiger partial charge on any atom is 0.432 e. The van der Waals surface area contributed by atoms with Crippen LogP contribution in [-0.4, -0.2) is 15.5 Å². The van der Waals surface area contributed by atoms with Crippen molar-refractivity contribution in [3.8, 4) is 0 Å². The maximum atomic E-state index is 13.7. The largest absolute Gasteiger partial charge is 0.432 e. The Morgan fingerprint density at radius 3 is 2.65 bits per heavy atom. The number of aromatic nitrogens is 2. The van der Waals surface area contributed by atoms with Crippen molar-refractivity contribution in [2.45, 2.75) is 45.3 Å². The summed E-state index contributed by atoms with van der Waals surface area (Å²) < 4.78 is 42.9. The zero-order valence-electron chi connectivity index (χ0n) is 14.2. The van der Waals surface area contributed by atoms with Crippen molar-refractivity contribution in [3.05, 3.63) is 43.9 Å². The molecule has 0 N–H and O–H groups in total. The number of carbonyl (C=O) groups excluding carboxylic acids is 1. The molecular weight excluding hydrogens is 431 g/mol. The van der Waals surface area contributed by atoms with Gasteiger partial charge in [-0.25, -0.2) is 0 Å². The van der Waals surface area contributed by atoms with Crippen LogP contribution in [0.2, 0.25) is 0 Å². The standard InChI is InChI=1S/C17H17BrF3N3OS/c1-9(2)13-14(17(19,20)21)24(8-10-3-4-10)16(26-13)23-15(25)11-5-12(18)7-22-6-11/h5-7,9-10H,3-4,8H2,1-2H3. The van der Waals surface area contributed by atoms with Gasteiger partial charge in [-0.1, -0.05) is 13.8 Å². The molecule has 0 radical (unpaired) electrons. The lowest BCUT2D eigenvalue weighted by Crippen LogP contribution is -2.25. The molecule has 1 aliphatic rings. The lowest BCUT2D eigenvalue weighted by atomic mass is 10.1. The molecule has 26 heavy (non-hydrogen) atoms. The number of halogens is 4. The number of hydrogen-bond acceptors (Lipinski definition) is 3. The first kappa shape index (κ1) is 19.3. The average Bonchev–Trinajstić information content (AvgIpc) is 3.27. The Labute approximate surface area is 160 Å². The van der Waals surface area contributed by atoms with Crippen molar-refractivity contribution in [1.29, 1.82) is 0 Å². The second-order valence-corrected chi connectivity index (χ2v) is 8.54. The van der Waals surface area contributed by atoms with Crippen LogP contribution in [0.25, 0.3) is 0 Å². The van der Waals surface area contributed by atoms with Crippen LogP contribution in [0.3, 0.4) is 0 Å². The lowest BCUT2D eigenvalue weighted by molar-refractivity contribution is -0.144. The molecule has 1 amide bonds. The minimum Gasteiger partial charge on any atom is -0.312 e. The summed E-state index contributed by atoms with van der Waals surface area (Å²) in [6.45, 7) is 3.67. The van der Waals surface area contributed by atoms with E-state index in [0.29, 0.717) is 4.47 Å². The molecule has 0 aromatic carbocycles. The van der Waals surface area contributed by atoms with Gasteiger partial charge >= 0.3 is 6.18 Å². The predicted molar refractivity (Wildman–Crippen MR) is 96.0 cm³/mol. The van der Waals surface area contributed by atoms with Crippen molar-refractivity contribution in [2.75, 3.05) is 0 Å². The summed E-state index contributed by atoms with van der Waals surface area (Å²) in [5.41, 5.74) is -0.450. The van der Waals surface area contributed by atoms with Crippen LogP contribution in [0.15, 0.2) is 27.9 Å². The molecule has 4 nitrogen and oxygen atoms in total. The molecule has 0 unspecified atom stereocenters. The highest BCUT2D eigenvalue weighted by molar-refractivity contribution is 9.10. The monoisotopic (exact) mass is 447 g/mol. The van der Waals surface area contributed by atoms with E-state index in [1.54, 1.807) is 19.9 Å². The van der Waals surface area contributed by atoms with E-state index in [0.717, 1.165) is 24.2 Å². The molecule has 2 aromatic heterocycles. The normalized spacial score (nSPS) is 15.7. The van der Waals surface area contributed by atoms with Crippen LogP contribution in [-0.2, 0) is 12.7 Å². The summed E-state index contributed by atoms with van der Waals surface area (Å²) in [5.74, 6) is -0.699. The molecule has 1 fully saturated rings. The Morgan fingerprint density at radius 2 is 2.12 bits per heavy atom. The van der Waals surface area contributed by atoms with Gasteiger partial charge < -0.3 is 4.57 Å². The number of nitrogens with zero attached hydrogens (tertiary/aromatic N) is 3. The zero-order valence-corrected chi connectivity index (χ0v) is 16.6. The third-order valence-electron chi connectivity index (χ3n) is 4.02. The van der Waals surface area contributed by atoms with E-state index in [2.05, 4.69) is 25.9 Å². The molecule has 2 aromatic rings. The highest BCUT2D eigenvalue weighted by atomic mass is 79.9. The van der Waals surface area contributed by atoms with Gasteiger partial charge in [0.05, 0.1) is 5.56 Å². The van der Waals surface area contributed by atoms with E-state index in [1.165, 1.54) is 17.0 Å². The van der Waals surface area contributed by atoms with Crippen molar-refractivity contribution >= 4 is 33.2 Å². The van der Waals surface area contributed by atoms with Gasteiger partial charge in [-0.2, -0.15) is 18.2 Å². The highest BCUT2D eigenvalue weighted by Crippen LogP contribution is 2.39. The van der Waals surface area contributed by atoms with Gasteiger partial charge in [-0.3, -0.25) is 9.78 Å². The van der Waals surface area contributed by atoms with Crippen LogP contribution < -0.4 is 4.80 Å². The number of hydrogen-bond donors (Lipinski definition) is 0. The van der Waals surface area contributed by atoms with Crippen LogP contribution in [0, 0.1) is 5.92 Å². The fraction of sp³-hybridized carbons (Fsp3) is 0.471. The van der Waals surface area contributed by atoms with Crippen LogP contribution >= 0.6 is 27.3 Å². The summed E-state index contributed by atoms with van der Waals surface area (Å²) in [5, 5.41) is 0. The Hall–Kier alpha value is -1.48. The molecule has 0 atom stereocenters. The minimum atomic E-state index is -4.49. The van der Waals surface area contributed by atoms with Crippen LogP contribution in [0.5, 0.6) is 0 Å². The first-order chi connectivity index (χ1) is 12.2. The first-order valence-corrected chi connectivity index (χ1v) is 9.78. The average molecular weight is 448 g/mol. The van der Waals surface area contributed by atoms with Gasteiger partial charge in [0.15, 0.2) is 4.80 Å². The molecule has 1 aliphatic carbocycles. The number of carbonyl (C=O) groups is 1. The molecule has 2 heterocycles. The van der Waals surface area contributed by atoms with Crippen molar-refractivity contribution < 1.29 is 18.0 Å². The molecule has 3 rings (SSSR count). The minimum absolute atomic E-state index is 0.0953. The number of pyridine rings is 1. The van der Waals surface area contributed by atoms with E-state index in [-0.39, 0.29) is 33.6 Å². The maximum absolute atomic E-state index is 13.7. The van der Waals surface area contributed by atoms with Gasteiger partial charge in [0, 0.05) is 28.3 Å². The van der Waals surface area contributed by atoms with E-state index in [1.807, 2.05) is 0 Å². The van der Waals surface area contributed by atoms with Gasteiger partial charge in [-0.15, -0.1) is 11.3 Å². The first-order valence-electron chi connectivity index (χ1n) is 8.17. The molecule has 140 valence electrons. The molecule has 0 spiro atoms. The second kappa shape index (κ2) is 7.26. The molecule has 9 heteroatoms. The summed E-state index contributed by atoms with van der Waals surface area (Å²) >= 11 is 4.17. The second-order valence-electron chi connectivity index (χ2n) is 6.61. The third-order valence-corrected chi connectivity index (χ3v) is 5.83. The Kier molecular flexibility index (Phi) is 5.39. The summed E-state index contributed by atoms with van der Waals surface area (Å²) in [6.07, 6.45) is 0.191. The van der Waals surface area contributed by atoms with E-state index < -0.39 is 17.8 Å². The summed E-state index contributed by atoms with van der Waals surface area (Å²) in [4.78, 5) is 20.7. The Bertz CT molecular complexity index is 897. The van der Waals surface area contributed by atoms with E-state index in [4.69, 9.17) is 0 Å². The van der Waals surface area contributed by atoms with Gasteiger partial charge in [0.2, 0.25) is 0 Å². The van der Waals surface area contributed by atoms with Crippen molar-refractivity contribution in [3.63, 3.8) is 0 Å². The smallest absolute Gasteiger partial charge is 0.312 e. The molecular formula is C17H17BrF3N3OS. The fourth-order valence-corrected chi connectivity index (χ4v) is 4.13. The summed E-state index contributed by atoms with van der Waals surface area (Å²) in [6, 6.07) is 1.55. The van der Waals surface area contributed by atoms with E-state index in [9.17, 15) is 18.0 Å². The Morgan fingerprint density at radius 1 is 1.42 bits per heavy atom. The molecule has 0 aliphatic heterocycles. The SMILES string of the molecule is CC(C)c1sc(=NC(=O)c2cncc(Br)c2)n(CC2CC2)c1C(F)(F)F. The molecule has 1 saturated carbocycles. The van der Waals surface area contributed by atoms with Crippen molar-refractivity contribution in [2.24, 2.45) is 10.9 Å². The number of amides is 1. The third kappa shape index (κ3) is 4.25. The predicted octanol–water partition coefficient (Wildman–Crippen LogP) is 5.00. The fourth-order valence-electron chi connectivity index (χ4n) is 2.61. The van der Waals surface area contributed by atoms with Crippen LogP contribution in [0.1, 0.15) is 53.5 Å². The topological polar surface area (TPSA) is 47.2 Å². The van der Waals surface area contributed by atoms with Crippen molar-refractivity contribution in [1.82, 2.24) is 9.55 Å². The van der Waals surface area contributed by atoms with Gasteiger partial charge in [-0.05, 0) is 46.7 Å². The van der Waals surface area contributed by atoms with Gasteiger partial charge in [0.1, 0.15) is 5.69 Å². The van der Waals surface area contributed by atoms with E-state index >= 15 is 0 Å².